The number of ether oxygens (including phenoxy) is 3. The number of methoxy groups -OCH3 is 2. The molecule has 1 atom stereocenters. The summed E-state index contributed by atoms with van der Waals surface area (Å²) in [6, 6.07) is 4.97. The second kappa shape index (κ2) is 13.0. The summed E-state index contributed by atoms with van der Waals surface area (Å²) in [6.45, 7) is 9.49. The fourth-order valence-electron chi connectivity index (χ4n) is 2.34. The lowest BCUT2D eigenvalue weighted by molar-refractivity contribution is -0.137. The highest BCUT2D eigenvalue weighted by Gasteiger charge is 2.26. The number of hydrogen-bond donors (Lipinski definition) is 2. The number of carbonyl (C=O) groups is 2. The maximum absolute atomic E-state index is 12.0. The van der Waals surface area contributed by atoms with Gasteiger partial charge in [-0.3, -0.25) is 9.69 Å². The third-order valence-electron chi connectivity index (χ3n) is 3.94. The number of amides is 1. The summed E-state index contributed by atoms with van der Waals surface area (Å²) in [5.74, 6) is 0.972. The molecule has 0 saturated heterocycles. The number of carboxylic acid groups (broad SMARTS) is 1. The Kier molecular flexibility index (Phi) is 11.9. The van der Waals surface area contributed by atoms with Crippen LogP contribution in [-0.4, -0.2) is 54.0 Å². The fraction of sp³-hybridized carbons (Fsp3) is 0.636. The van der Waals surface area contributed by atoms with Gasteiger partial charge in [0.25, 0.3) is 0 Å². The normalized spacial score (nSPS) is 11.8. The zero-order valence-electron chi connectivity index (χ0n) is 19.4. The number of benzene rings is 1. The van der Waals surface area contributed by atoms with E-state index in [4.69, 9.17) is 19.3 Å². The van der Waals surface area contributed by atoms with Crippen LogP contribution in [0.4, 0.5) is 4.79 Å². The van der Waals surface area contributed by atoms with Crippen LogP contribution >= 0.6 is 0 Å². The smallest absolute Gasteiger partial charge is 0.412 e. The minimum atomic E-state index is -1.18. The standard InChI is InChI=1S/C15H23NO5.C7H14O2/c1-15(2,3)21-14(18)16(4)13(17)11-8-7-10(19-5)9-12(11)20-6;1-6(2)4-3-5-7(8)9/h7-9,13,17H,1-6H3;6H,3-5H2,1-2H3,(H,8,9). The van der Waals surface area contributed by atoms with Gasteiger partial charge in [0.05, 0.1) is 14.2 Å². The van der Waals surface area contributed by atoms with E-state index in [1.165, 1.54) is 21.3 Å². The van der Waals surface area contributed by atoms with E-state index in [0.717, 1.165) is 17.7 Å². The van der Waals surface area contributed by atoms with E-state index in [1.807, 2.05) is 0 Å². The van der Waals surface area contributed by atoms with E-state index in [0.29, 0.717) is 29.4 Å². The van der Waals surface area contributed by atoms with Crippen molar-refractivity contribution in [3.05, 3.63) is 23.8 Å². The van der Waals surface area contributed by atoms with Gasteiger partial charge in [-0.1, -0.05) is 20.3 Å². The Labute approximate surface area is 179 Å². The second-order valence-electron chi connectivity index (χ2n) is 8.25. The first kappa shape index (κ1) is 27.5. The van der Waals surface area contributed by atoms with Gasteiger partial charge >= 0.3 is 12.1 Å². The zero-order chi connectivity index (χ0) is 23.5. The molecular formula is C22H37NO7. The Morgan fingerprint density at radius 1 is 1.13 bits per heavy atom. The molecule has 2 N–H and O–H groups in total. The lowest BCUT2D eigenvalue weighted by atomic mass is 10.1. The average Bonchev–Trinajstić information content (AvgIpc) is 2.64. The molecule has 0 aliphatic carbocycles. The van der Waals surface area contributed by atoms with Crippen molar-refractivity contribution >= 4 is 12.1 Å². The number of nitrogens with zero attached hydrogens (tertiary/aromatic N) is 1. The molecule has 30 heavy (non-hydrogen) atoms. The average molecular weight is 428 g/mol. The summed E-state index contributed by atoms with van der Waals surface area (Å²) in [5, 5.41) is 18.6. The first-order valence-electron chi connectivity index (χ1n) is 9.90. The van der Waals surface area contributed by atoms with E-state index < -0.39 is 23.9 Å². The molecule has 0 saturated carbocycles. The molecule has 0 radical (unpaired) electrons. The first-order valence-corrected chi connectivity index (χ1v) is 9.90. The van der Waals surface area contributed by atoms with Gasteiger partial charge in [0.2, 0.25) is 0 Å². The van der Waals surface area contributed by atoms with Crippen molar-refractivity contribution in [1.82, 2.24) is 4.90 Å². The summed E-state index contributed by atoms with van der Waals surface area (Å²) < 4.78 is 15.5. The number of hydrogen-bond acceptors (Lipinski definition) is 6. The molecule has 1 rings (SSSR count). The largest absolute Gasteiger partial charge is 0.497 e. The van der Waals surface area contributed by atoms with E-state index in [-0.39, 0.29) is 0 Å². The lowest BCUT2D eigenvalue weighted by Gasteiger charge is -2.28. The Bertz CT molecular complexity index is 668. The highest BCUT2D eigenvalue weighted by Crippen LogP contribution is 2.31. The monoisotopic (exact) mass is 427 g/mol. The highest BCUT2D eigenvalue weighted by atomic mass is 16.6. The molecule has 1 aromatic carbocycles. The number of aliphatic hydroxyl groups is 1. The van der Waals surface area contributed by atoms with Gasteiger partial charge in [-0.15, -0.1) is 0 Å². The lowest BCUT2D eigenvalue weighted by Crippen LogP contribution is -2.36. The van der Waals surface area contributed by atoms with Crippen LogP contribution in [0, 0.1) is 5.92 Å². The van der Waals surface area contributed by atoms with Crippen LogP contribution in [0.2, 0.25) is 0 Å². The van der Waals surface area contributed by atoms with Gasteiger partial charge in [-0.25, -0.2) is 4.79 Å². The summed E-state index contributed by atoms with van der Waals surface area (Å²) in [7, 11) is 4.48. The SMILES string of the molecule is CC(C)CCCC(=O)O.COc1ccc(C(O)N(C)C(=O)OC(C)(C)C)c(OC)c1. The molecule has 0 aromatic heterocycles. The van der Waals surface area contributed by atoms with Crippen molar-refractivity contribution < 1.29 is 34.0 Å². The van der Waals surface area contributed by atoms with Gasteiger partial charge in [0, 0.05) is 25.1 Å². The summed E-state index contributed by atoms with van der Waals surface area (Å²) in [5.41, 5.74) is -0.179. The molecule has 1 aromatic rings. The predicted molar refractivity (Wildman–Crippen MR) is 115 cm³/mol. The molecule has 0 fully saturated rings. The Morgan fingerprint density at radius 3 is 2.17 bits per heavy atom. The first-order chi connectivity index (χ1) is 13.8. The molecular weight excluding hydrogens is 390 g/mol. The number of carboxylic acids is 1. The van der Waals surface area contributed by atoms with Gasteiger partial charge in [-0.2, -0.15) is 0 Å². The minimum Gasteiger partial charge on any atom is -0.497 e. The van der Waals surface area contributed by atoms with Gasteiger partial charge in [0.1, 0.15) is 17.1 Å². The predicted octanol–water partition coefficient (Wildman–Crippen LogP) is 4.46. The van der Waals surface area contributed by atoms with Gasteiger partial charge in [0.15, 0.2) is 6.23 Å². The molecule has 0 aliphatic rings. The summed E-state index contributed by atoms with van der Waals surface area (Å²) >= 11 is 0. The summed E-state index contributed by atoms with van der Waals surface area (Å²) in [6.07, 6.45) is 0.353. The second-order valence-corrected chi connectivity index (χ2v) is 8.25. The number of rotatable bonds is 8. The highest BCUT2D eigenvalue weighted by molar-refractivity contribution is 5.68. The van der Waals surface area contributed by atoms with E-state index in [9.17, 15) is 14.7 Å². The van der Waals surface area contributed by atoms with Crippen LogP contribution in [0.1, 0.15) is 65.7 Å². The molecule has 0 bridgehead atoms. The molecule has 0 spiro atoms. The molecule has 1 amide bonds. The van der Waals surface area contributed by atoms with Crippen molar-refractivity contribution in [2.24, 2.45) is 5.92 Å². The molecule has 1 unspecified atom stereocenters. The number of aliphatic carboxylic acids is 1. The van der Waals surface area contributed by atoms with Crippen LogP contribution in [-0.2, 0) is 9.53 Å². The Hall–Kier alpha value is -2.48. The van der Waals surface area contributed by atoms with Gasteiger partial charge < -0.3 is 24.4 Å². The van der Waals surface area contributed by atoms with Crippen molar-refractivity contribution in [2.45, 2.75) is 65.7 Å². The van der Waals surface area contributed by atoms with Crippen LogP contribution in [0.5, 0.6) is 11.5 Å². The van der Waals surface area contributed by atoms with Crippen LogP contribution in [0.15, 0.2) is 18.2 Å². The third kappa shape index (κ3) is 10.9. The Morgan fingerprint density at radius 2 is 1.73 bits per heavy atom. The molecule has 0 heterocycles. The van der Waals surface area contributed by atoms with Crippen molar-refractivity contribution in [1.29, 1.82) is 0 Å². The topological polar surface area (TPSA) is 106 Å². The van der Waals surface area contributed by atoms with Crippen LogP contribution < -0.4 is 9.47 Å². The van der Waals surface area contributed by atoms with Crippen molar-refractivity contribution in [3.63, 3.8) is 0 Å². The zero-order valence-corrected chi connectivity index (χ0v) is 19.4. The fourth-order valence-corrected chi connectivity index (χ4v) is 2.34. The third-order valence-corrected chi connectivity index (χ3v) is 3.94. The van der Waals surface area contributed by atoms with Crippen LogP contribution in [0.3, 0.4) is 0 Å². The van der Waals surface area contributed by atoms with Crippen molar-refractivity contribution in [3.8, 4) is 11.5 Å². The minimum absolute atomic E-state index is 0.318. The van der Waals surface area contributed by atoms with E-state index in [1.54, 1.807) is 39.0 Å². The Balaban J connectivity index is 0.000000787. The molecule has 8 heteroatoms. The number of aliphatic hydroxyl groups excluding tert-OH is 1. The maximum atomic E-state index is 12.0. The van der Waals surface area contributed by atoms with E-state index in [2.05, 4.69) is 13.8 Å². The van der Waals surface area contributed by atoms with E-state index >= 15 is 0 Å². The van der Waals surface area contributed by atoms with Crippen LogP contribution in [0.25, 0.3) is 0 Å². The van der Waals surface area contributed by atoms with Gasteiger partial charge in [-0.05, 0) is 45.2 Å². The quantitative estimate of drug-likeness (QED) is 0.590. The van der Waals surface area contributed by atoms with Crippen molar-refractivity contribution in [2.75, 3.05) is 21.3 Å². The summed E-state index contributed by atoms with van der Waals surface area (Å²) in [4.78, 5) is 23.1. The molecule has 0 aliphatic heterocycles. The maximum Gasteiger partial charge on any atom is 0.412 e. The molecule has 172 valence electrons. The molecule has 8 nitrogen and oxygen atoms in total. The number of carbonyl (C=O) groups excluding carboxylic acids is 1.